The molecule has 1 heterocycles. The van der Waals surface area contributed by atoms with Gasteiger partial charge >= 0.3 is 0 Å². The minimum atomic E-state index is -0.346. The first-order chi connectivity index (χ1) is 8.60. The fourth-order valence-electron chi connectivity index (χ4n) is 1.64. The van der Waals surface area contributed by atoms with Crippen LogP contribution in [0.15, 0.2) is 41.3 Å². The van der Waals surface area contributed by atoms with Gasteiger partial charge < -0.3 is 10.3 Å². The molecule has 0 fully saturated rings. The summed E-state index contributed by atoms with van der Waals surface area (Å²) in [6.07, 6.45) is 1.53. The largest absolute Gasteiger partial charge is 0.398 e. The van der Waals surface area contributed by atoms with Crippen LogP contribution in [0, 0.1) is 11.3 Å². The number of benzene rings is 1. The molecule has 1 aromatic carbocycles. The molecule has 2 aromatic rings. The number of nitrogens with zero attached hydrogens (tertiary/aromatic N) is 2. The molecule has 0 aliphatic rings. The SMILES string of the molecule is N#Cc1cc(N)cn(Cc2ccc(Cl)cc2)c1=O. The molecule has 0 aliphatic heterocycles. The number of halogens is 1. The Morgan fingerprint density at radius 3 is 2.61 bits per heavy atom. The van der Waals surface area contributed by atoms with Gasteiger partial charge in [-0.05, 0) is 23.8 Å². The van der Waals surface area contributed by atoms with Crippen LogP contribution in [0.1, 0.15) is 11.1 Å². The summed E-state index contributed by atoms with van der Waals surface area (Å²) >= 11 is 5.79. The third-order valence-corrected chi connectivity index (χ3v) is 2.75. The van der Waals surface area contributed by atoms with Gasteiger partial charge in [-0.3, -0.25) is 4.79 Å². The lowest BCUT2D eigenvalue weighted by Crippen LogP contribution is -2.23. The fraction of sp³-hybridized carbons (Fsp3) is 0.0769. The van der Waals surface area contributed by atoms with Crippen molar-refractivity contribution < 1.29 is 0 Å². The summed E-state index contributed by atoms with van der Waals surface area (Å²) in [5.41, 5.74) is 6.65. The van der Waals surface area contributed by atoms with Crippen LogP contribution in [-0.2, 0) is 6.54 Å². The number of aromatic nitrogens is 1. The van der Waals surface area contributed by atoms with Crippen LogP contribution < -0.4 is 11.3 Å². The van der Waals surface area contributed by atoms with Crippen molar-refractivity contribution in [1.82, 2.24) is 4.57 Å². The van der Waals surface area contributed by atoms with Crippen LogP contribution in [0.25, 0.3) is 0 Å². The molecule has 0 amide bonds. The summed E-state index contributed by atoms with van der Waals surface area (Å²) in [4.78, 5) is 11.9. The van der Waals surface area contributed by atoms with E-state index in [0.717, 1.165) is 5.56 Å². The molecule has 5 heteroatoms. The van der Waals surface area contributed by atoms with E-state index >= 15 is 0 Å². The Bertz CT molecular complexity index is 668. The molecule has 0 unspecified atom stereocenters. The zero-order chi connectivity index (χ0) is 13.1. The summed E-state index contributed by atoms with van der Waals surface area (Å²) in [5, 5.41) is 9.47. The number of pyridine rings is 1. The first kappa shape index (κ1) is 12.2. The summed E-state index contributed by atoms with van der Waals surface area (Å²) in [6, 6.07) is 10.4. The van der Waals surface area contributed by atoms with Gasteiger partial charge in [-0.25, -0.2) is 0 Å². The predicted molar refractivity (Wildman–Crippen MR) is 70.4 cm³/mol. The molecule has 90 valence electrons. The number of rotatable bonds is 2. The second-order valence-corrected chi connectivity index (χ2v) is 4.29. The summed E-state index contributed by atoms with van der Waals surface area (Å²) in [6.45, 7) is 0.357. The van der Waals surface area contributed by atoms with E-state index in [1.165, 1.54) is 16.8 Å². The van der Waals surface area contributed by atoms with E-state index in [9.17, 15) is 4.79 Å². The first-order valence-corrected chi connectivity index (χ1v) is 5.62. The van der Waals surface area contributed by atoms with E-state index in [2.05, 4.69) is 0 Å². The Balaban J connectivity index is 2.41. The highest BCUT2D eigenvalue weighted by Gasteiger charge is 2.05. The van der Waals surface area contributed by atoms with Crippen molar-refractivity contribution in [3.8, 4) is 6.07 Å². The van der Waals surface area contributed by atoms with Gasteiger partial charge in [0.25, 0.3) is 5.56 Å². The topological polar surface area (TPSA) is 71.8 Å². The van der Waals surface area contributed by atoms with E-state index in [4.69, 9.17) is 22.6 Å². The van der Waals surface area contributed by atoms with Crippen molar-refractivity contribution in [3.63, 3.8) is 0 Å². The molecule has 2 rings (SSSR count). The van der Waals surface area contributed by atoms with E-state index in [0.29, 0.717) is 17.3 Å². The van der Waals surface area contributed by atoms with E-state index < -0.39 is 0 Å². The minimum absolute atomic E-state index is 0.0453. The molecular weight excluding hydrogens is 250 g/mol. The predicted octanol–water partition coefficient (Wildman–Crippen LogP) is 2.00. The second-order valence-electron chi connectivity index (χ2n) is 3.86. The fourth-order valence-corrected chi connectivity index (χ4v) is 1.77. The molecule has 0 atom stereocenters. The van der Waals surface area contributed by atoms with Crippen molar-refractivity contribution in [1.29, 1.82) is 5.26 Å². The van der Waals surface area contributed by atoms with Gasteiger partial charge in [-0.15, -0.1) is 0 Å². The van der Waals surface area contributed by atoms with Crippen LogP contribution in [0.3, 0.4) is 0 Å². The molecule has 1 aromatic heterocycles. The molecule has 0 spiro atoms. The van der Waals surface area contributed by atoms with Crippen LogP contribution in [0.2, 0.25) is 5.02 Å². The Kier molecular flexibility index (Phi) is 3.35. The Morgan fingerprint density at radius 2 is 2.00 bits per heavy atom. The lowest BCUT2D eigenvalue weighted by molar-refractivity contribution is 0.759. The third kappa shape index (κ3) is 2.53. The molecule has 0 saturated carbocycles. The number of nitriles is 1. The van der Waals surface area contributed by atoms with Crippen molar-refractivity contribution in [2.45, 2.75) is 6.54 Å². The number of anilines is 1. The first-order valence-electron chi connectivity index (χ1n) is 5.24. The molecular formula is C13H10ClN3O. The highest BCUT2D eigenvalue weighted by molar-refractivity contribution is 6.30. The minimum Gasteiger partial charge on any atom is -0.398 e. The van der Waals surface area contributed by atoms with Gasteiger partial charge in [0.1, 0.15) is 11.6 Å². The zero-order valence-electron chi connectivity index (χ0n) is 9.43. The maximum Gasteiger partial charge on any atom is 0.268 e. The number of nitrogen functional groups attached to an aromatic ring is 1. The summed E-state index contributed by atoms with van der Waals surface area (Å²) < 4.78 is 1.41. The molecule has 0 saturated heterocycles. The molecule has 0 radical (unpaired) electrons. The van der Waals surface area contributed by atoms with Gasteiger partial charge in [-0.2, -0.15) is 5.26 Å². The van der Waals surface area contributed by atoms with Gasteiger partial charge in [0.2, 0.25) is 0 Å². The smallest absolute Gasteiger partial charge is 0.268 e. The van der Waals surface area contributed by atoms with Gasteiger partial charge in [-0.1, -0.05) is 23.7 Å². The monoisotopic (exact) mass is 259 g/mol. The highest BCUT2D eigenvalue weighted by Crippen LogP contribution is 2.11. The normalized spacial score (nSPS) is 10.0. The van der Waals surface area contributed by atoms with Crippen LogP contribution >= 0.6 is 11.6 Å². The van der Waals surface area contributed by atoms with Crippen LogP contribution in [-0.4, -0.2) is 4.57 Å². The van der Waals surface area contributed by atoms with Crippen LogP contribution in [0.4, 0.5) is 5.69 Å². The van der Waals surface area contributed by atoms with E-state index in [1.807, 2.05) is 18.2 Å². The summed E-state index contributed by atoms with van der Waals surface area (Å²) in [7, 11) is 0. The van der Waals surface area contributed by atoms with Crippen molar-refractivity contribution >= 4 is 17.3 Å². The third-order valence-electron chi connectivity index (χ3n) is 2.49. The molecule has 4 nitrogen and oxygen atoms in total. The van der Waals surface area contributed by atoms with Gasteiger partial charge in [0, 0.05) is 16.9 Å². The average molecular weight is 260 g/mol. The molecule has 0 bridgehead atoms. The van der Waals surface area contributed by atoms with Crippen molar-refractivity contribution in [2.24, 2.45) is 0 Å². The maximum absolute atomic E-state index is 11.9. The lowest BCUT2D eigenvalue weighted by atomic mass is 10.2. The number of nitrogens with two attached hydrogens (primary N) is 1. The Hall–Kier alpha value is -2.25. The van der Waals surface area contributed by atoms with E-state index in [-0.39, 0.29) is 11.1 Å². The molecule has 0 aliphatic carbocycles. The lowest BCUT2D eigenvalue weighted by Gasteiger charge is -2.07. The maximum atomic E-state index is 11.9. The zero-order valence-corrected chi connectivity index (χ0v) is 10.2. The number of hydrogen-bond donors (Lipinski definition) is 1. The Labute approximate surface area is 109 Å². The summed E-state index contributed by atoms with van der Waals surface area (Å²) in [5.74, 6) is 0. The number of hydrogen-bond acceptors (Lipinski definition) is 3. The Morgan fingerprint density at radius 1 is 1.33 bits per heavy atom. The van der Waals surface area contributed by atoms with Crippen LogP contribution in [0.5, 0.6) is 0 Å². The average Bonchev–Trinajstić information content (AvgIpc) is 2.36. The quantitative estimate of drug-likeness (QED) is 0.897. The molecule has 18 heavy (non-hydrogen) atoms. The second kappa shape index (κ2) is 4.94. The molecule has 2 N–H and O–H groups in total. The standard InChI is InChI=1S/C13H10ClN3O/c14-11-3-1-9(2-4-11)7-17-8-12(16)5-10(6-15)13(17)18/h1-5,8H,7,16H2. The van der Waals surface area contributed by atoms with Crippen molar-refractivity contribution in [3.05, 3.63) is 63.0 Å². The van der Waals surface area contributed by atoms with Crippen molar-refractivity contribution in [2.75, 3.05) is 5.73 Å². The van der Waals surface area contributed by atoms with Gasteiger partial charge in [0.15, 0.2) is 0 Å². The highest BCUT2D eigenvalue weighted by atomic mass is 35.5. The van der Waals surface area contributed by atoms with E-state index in [1.54, 1.807) is 12.1 Å². The van der Waals surface area contributed by atoms with Gasteiger partial charge in [0.05, 0.1) is 6.54 Å².